The Morgan fingerprint density at radius 3 is 2.37 bits per heavy atom. The Balaban J connectivity index is 0.00000507. The summed E-state index contributed by atoms with van der Waals surface area (Å²) >= 11 is 0. The molecule has 0 radical (unpaired) electrons. The van der Waals surface area contributed by atoms with E-state index >= 15 is 0 Å². The average molecular weight is 614 g/mol. The van der Waals surface area contributed by atoms with Crippen LogP contribution < -0.4 is 19.0 Å². The van der Waals surface area contributed by atoms with Crippen molar-refractivity contribution < 1.29 is 31.7 Å². The number of ether oxygens (including phenoxy) is 2. The van der Waals surface area contributed by atoms with E-state index in [1.54, 1.807) is 19.1 Å². The van der Waals surface area contributed by atoms with Crippen LogP contribution in [-0.2, 0) is 22.1 Å². The van der Waals surface area contributed by atoms with Gasteiger partial charge in [-0.3, -0.25) is 15.0 Å². The molecular weight excluding hydrogens is 580 g/mol. The number of carbonyl (C=O) groups is 2. The number of nitrogens with zero attached hydrogens (tertiary/aromatic N) is 2. The van der Waals surface area contributed by atoms with Crippen molar-refractivity contribution in [2.24, 2.45) is 0 Å². The largest absolute Gasteiger partial charge is 0.492 e. The number of halogens is 1. The lowest BCUT2D eigenvalue weighted by atomic mass is 9.84. The van der Waals surface area contributed by atoms with Gasteiger partial charge in [0.2, 0.25) is 0 Å². The highest BCUT2D eigenvalue weighted by Crippen LogP contribution is 2.40. The van der Waals surface area contributed by atoms with Crippen LogP contribution in [-0.4, -0.2) is 69.4 Å². The Kier molecular flexibility index (Phi) is 9.54. The Labute approximate surface area is 233 Å². The summed E-state index contributed by atoms with van der Waals surface area (Å²) in [5.74, 6) is -0.368. The highest BCUT2D eigenvalue weighted by Gasteiger charge is 2.32. The van der Waals surface area contributed by atoms with Gasteiger partial charge >= 0.3 is 10.1 Å². The molecule has 0 saturated heterocycles. The van der Waals surface area contributed by atoms with Crippen molar-refractivity contribution in [2.45, 2.75) is 39.7 Å². The third-order valence-electron chi connectivity index (χ3n) is 5.67. The number of pyridine rings is 1. The number of ketones is 1. The van der Waals surface area contributed by atoms with Crippen LogP contribution in [0.1, 0.15) is 65.4 Å². The number of amidine groups is 1. The lowest BCUT2D eigenvalue weighted by Gasteiger charge is -2.25. The number of aromatic nitrogens is 1. The minimum Gasteiger partial charge on any atom is -0.492 e. The molecule has 208 valence electrons. The van der Waals surface area contributed by atoms with Crippen molar-refractivity contribution >= 4 is 44.6 Å². The van der Waals surface area contributed by atoms with Crippen molar-refractivity contribution in [3.05, 3.63) is 46.3 Å². The molecule has 2 aromatic rings. The van der Waals surface area contributed by atoms with Crippen LogP contribution in [0.5, 0.6) is 17.2 Å². The number of hydrogen-bond donors (Lipinski definition) is 2. The minimum absolute atomic E-state index is 0. The average Bonchev–Trinajstić information content (AvgIpc) is 3.10. The number of amides is 1. The highest BCUT2D eigenvalue weighted by molar-refractivity contribution is 8.93. The minimum atomic E-state index is -3.89. The fourth-order valence-corrected chi connectivity index (χ4v) is 4.45. The number of fused-ring (bicyclic) bond motifs is 1. The summed E-state index contributed by atoms with van der Waals surface area (Å²) in [6, 6.07) is 4.65. The zero-order chi connectivity index (χ0) is 27.7. The van der Waals surface area contributed by atoms with E-state index in [0.29, 0.717) is 29.2 Å². The van der Waals surface area contributed by atoms with Crippen LogP contribution >= 0.6 is 17.0 Å². The molecular formula is C25H33BrN4O7S. The van der Waals surface area contributed by atoms with Gasteiger partial charge in [-0.1, -0.05) is 20.8 Å². The van der Waals surface area contributed by atoms with E-state index in [2.05, 4.69) is 10.3 Å². The highest BCUT2D eigenvalue weighted by atomic mass is 79.9. The van der Waals surface area contributed by atoms with Crippen LogP contribution in [0.3, 0.4) is 0 Å². The van der Waals surface area contributed by atoms with E-state index in [1.165, 1.54) is 25.1 Å². The molecule has 0 bridgehead atoms. The maximum absolute atomic E-state index is 13.4. The molecule has 2 heterocycles. The fraction of sp³-hybridized carbons (Fsp3) is 0.440. The van der Waals surface area contributed by atoms with Gasteiger partial charge in [-0.25, -0.2) is 4.98 Å². The Morgan fingerprint density at radius 1 is 1.18 bits per heavy atom. The molecule has 1 aliphatic rings. The molecule has 11 nitrogen and oxygen atoms in total. The molecule has 13 heteroatoms. The quantitative estimate of drug-likeness (QED) is 0.322. The smallest absolute Gasteiger partial charge is 0.306 e. The second kappa shape index (κ2) is 11.7. The van der Waals surface area contributed by atoms with E-state index < -0.39 is 21.4 Å². The van der Waals surface area contributed by atoms with E-state index in [-0.39, 0.29) is 64.4 Å². The van der Waals surface area contributed by atoms with Crippen LogP contribution in [0, 0.1) is 5.41 Å². The number of nitrogens with one attached hydrogen (secondary N) is 2. The van der Waals surface area contributed by atoms with Gasteiger partial charge in [0.25, 0.3) is 5.91 Å². The first kappa shape index (κ1) is 31.0. The van der Waals surface area contributed by atoms with Crippen LogP contribution in [0.2, 0.25) is 0 Å². The topological polar surface area (TPSA) is 148 Å². The molecule has 1 aliphatic heterocycles. The number of carbonyl (C=O) groups excluding carboxylic acids is 2. The first-order valence-corrected chi connectivity index (χ1v) is 13.4. The molecule has 0 atom stereocenters. The molecule has 1 aromatic carbocycles. The standard InChI is InChI=1S/C25H32N4O7S.BrH/c1-8-35-18-11-15-12-29(23(26)20(15)28-21(18)24(31)27-5)13-17(30)14-9-16(25(2,3)4)22(34-6)19(10-14)36-37(7,32)33;/h9-11,26H,8,12-13H2,1-7H3,(H,27,31);1H. The van der Waals surface area contributed by atoms with Crippen molar-refractivity contribution in [1.82, 2.24) is 15.2 Å². The van der Waals surface area contributed by atoms with Gasteiger partial charge in [0.1, 0.15) is 11.5 Å². The molecule has 0 aliphatic carbocycles. The zero-order valence-electron chi connectivity index (χ0n) is 22.4. The molecule has 0 saturated carbocycles. The fourth-order valence-electron chi connectivity index (χ4n) is 4.00. The first-order valence-electron chi connectivity index (χ1n) is 11.6. The maximum atomic E-state index is 13.4. The van der Waals surface area contributed by atoms with E-state index in [4.69, 9.17) is 19.1 Å². The van der Waals surface area contributed by atoms with Gasteiger partial charge in [0, 0.05) is 30.3 Å². The van der Waals surface area contributed by atoms with Crippen molar-refractivity contribution in [3.63, 3.8) is 0 Å². The molecule has 0 fully saturated rings. The van der Waals surface area contributed by atoms with Crippen LogP contribution in [0.15, 0.2) is 18.2 Å². The number of benzene rings is 1. The normalized spacial score (nSPS) is 12.9. The summed E-state index contributed by atoms with van der Waals surface area (Å²) in [6.45, 7) is 7.87. The summed E-state index contributed by atoms with van der Waals surface area (Å²) < 4.78 is 39.9. The molecule has 2 N–H and O–H groups in total. The predicted molar refractivity (Wildman–Crippen MR) is 148 cm³/mol. The maximum Gasteiger partial charge on any atom is 0.306 e. The van der Waals surface area contributed by atoms with Gasteiger partial charge < -0.3 is 23.9 Å². The van der Waals surface area contributed by atoms with Crippen molar-refractivity contribution in [3.8, 4) is 17.2 Å². The summed E-state index contributed by atoms with van der Waals surface area (Å²) in [7, 11) is -1.01. The summed E-state index contributed by atoms with van der Waals surface area (Å²) in [5, 5.41) is 11.1. The lowest BCUT2D eigenvalue weighted by molar-refractivity contribution is 0.0949. The lowest BCUT2D eigenvalue weighted by Crippen LogP contribution is -2.31. The van der Waals surface area contributed by atoms with Crippen LogP contribution in [0.4, 0.5) is 0 Å². The third-order valence-corrected chi connectivity index (χ3v) is 6.16. The number of Topliss-reactive ketones (excluding diaryl/α,β-unsaturated/α-hetero) is 1. The predicted octanol–water partition coefficient (Wildman–Crippen LogP) is 3.09. The van der Waals surface area contributed by atoms with E-state index in [0.717, 1.165) is 6.26 Å². The molecule has 38 heavy (non-hydrogen) atoms. The Bertz CT molecular complexity index is 1370. The number of methoxy groups -OCH3 is 1. The second-order valence-electron chi connectivity index (χ2n) is 9.58. The van der Waals surface area contributed by atoms with E-state index in [1.807, 2.05) is 20.8 Å². The second-order valence-corrected chi connectivity index (χ2v) is 11.2. The molecule has 1 amide bonds. The molecule has 1 aromatic heterocycles. The summed E-state index contributed by atoms with van der Waals surface area (Å²) in [4.78, 5) is 31.6. The van der Waals surface area contributed by atoms with Gasteiger partial charge in [-0.2, -0.15) is 8.42 Å². The number of rotatable bonds is 9. The van der Waals surface area contributed by atoms with Crippen LogP contribution in [0.25, 0.3) is 0 Å². The van der Waals surface area contributed by atoms with Gasteiger partial charge in [-0.15, -0.1) is 17.0 Å². The van der Waals surface area contributed by atoms with Gasteiger partial charge in [-0.05, 0) is 30.5 Å². The molecule has 0 unspecified atom stereocenters. The SMILES string of the molecule is Br.CCOc1cc2c(nc1C(=O)NC)C(=N)N(CC(=O)c1cc(OS(C)(=O)=O)c(OC)c(C(C)(C)C)c1)C2. The Hall–Kier alpha value is -3.19. The van der Waals surface area contributed by atoms with Crippen molar-refractivity contribution in [2.75, 3.05) is 33.6 Å². The van der Waals surface area contributed by atoms with Gasteiger partial charge in [0.15, 0.2) is 28.7 Å². The summed E-state index contributed by atoms with van der Waals surface area (Å²) in [5.41, 5.74) is 1.32. The number of hydrogen-bond acceptors (Lipinski definition) is 9. The third kappa shape index (κ3) is 6.62. The zero-order valence-corrected chi connectivity index (χ0v) is 25.0. The monoisotopic (exact) mass is 612 g/mol. The molecule has 3 rings (SSSR count). The van der Waals surface area contributed by atoms with Crippen molar-refractivity contribution in [1.29, 1.82) is 5.41 Å². The Morgan fingerprint density at radius 2 is 1.84 bits per heavy atom. The first-order chi connectivity index (χ1) is 17.2. The molecule has 0 spiro atoms. The summed E-state index contributed by atoms with van der Waals surface area (Å²) in [6.07, 6.45) is 0.914. The van der Waals surface area contributed by atoms with E-state index in [9.17, 15) is 18.0 Å². The van der Waals surface area contributed by atoms with Gasteiger partial charge in [0.05, 0.1) is 26.5 Å².